The van der Waals surface area contributed by atoms with E-state index in [0.29, 0.717) is 16.7 Å². The van der Waals surface area contributed by atoms with E-state index in [2.05, 4.69) is 31.4 Å². The molecule has 1 atom stereocenters. The molecule has 21 heavy (non-hydrogen) atoms. The summed E-state index contributed by atoms with van der Waals surface area (Å²) < 4.78 is 2.47. The predicted octanol–water partition coefficient (Wildman–Crippen LogP) is 2.26. The fraction of sp³-hybridized carbons (Fsp3) is 0.357. The van der Waals surface area contributed by atoms with Gasteiger partial charge in [0.2, 0.25) is 5.91 Å². The van der Waals surface area contributed by atoms with Crippen LogP contribution in [0, 0.1) is 12.8 Å². The number of phenolic OH excluding ortho intramolecular Hbond substituents is 1. The molecule has 6 nitrogen and oxygen atoms in total. The summed E-state index contributed by atoms with van der Waals surface area (Å²) in [5, 5.41) is 20.7. The molecular weight excluding hydrogens is 336 g/mol. The topological polar surface area (TPSA) is 80.0 Å². The second-order valence-electron chi connectivity index (χ2n) is 5.27. The smallest absolute Gasteiger partial charge is 0.229 e. The van der Waals surface area contributed by atoms with Crippen molar-refractivity contribution in [3.8, 4) is 5.75 Å². The van der Waals surface area contributed by atoms with Crippen LogP contribution in [0.4, 0.5) is 5.69 Å². The molecule has 2 N–H and O–H groups in total. The number of amides is 1. The maximum atomic E-state index is 12.4. The van der Waals surface area contributed by atoms with E-state index in [1.54, 1.807) is 18.5 Å². The van der Waals surface area contributed by atoms with Gasteiger partial charge in [0.05, 0.1) is 16.1 Å². The van der Waals surface area contributed by atoms with Crippen molar-refractivity contribution in [3.05, 3.63) is 34.3 Å². The highest BCUT2D eigenvalue weighted by Crippen LogP contribution is 2.34. The van der Waals surface area contributed by atoms with Crippen molar-refractivity contribution in [3.63, 3.8) is 0 Å². The zero-order chi connectivity index (χ0) is 15.0. The second kappa shape index (κ2) is 5.48. The Kier molecular flexibility index (Phi) is 3.67. The first-order chi connectivity index (χ1) is 10.0. The summed E-state index contributed by atoms with van der Waals surface area (Å²) in [7, 11) is 0. The number of carbonyl (C=O) groups is 1. The van der Waals surface area contributed by atoms with Gasteiger partial charge >= 0.3 is 0 Å². The third-order valence-electron chi connectivity index (χ3n) is 3.67. The number of carbonyl (C=O) groups excluding carboxylic acids is 1. The quantitative estimate of drug-likeness (QED) is 0.814. The molecule has 1 amide bonds. The summed E-state index contributed by atoms with van der Waals surface area (Å²) in [4.78, 5) is 12.4. The van der Waals surface area contributed by atoms with E-state index < -0.39 is 0 Å². The Bertz CT molecular complexity index is 698. The number of aromatic nitrogens is 3. The van der Waals surface area contributed by atoms with Crippen LogP contribution in [0.3, 0.4) is 0 Å². The van der Waals surface area contributed by atoms with E-state index in [1.807, 2.05) is 11.5 Å². The number of hydrogen-bond acceptors (Lipinski definition) is 4. The van der Waals surface area contributed by atoms with Gasteiger partial charge in [-0.1, -0.05) is 0 Å². The lowest BCUT2D eigenvalue weighted by molar-refractivity contribution is -0.120. The fourth-order valence-corrected chi connectivity index (χ4v) is 3.11. The Balaban J connectivity index is 1.76. The maximum absolute atomic E-state index is 12.4. The minimum Gasteiger partial charge on any atom is -0.505 e. The van der Waals surface area contributed by atoms with Crippen molar-refractivity contribution in [1.82, 2.24) is 14.8 Å². The first-order valence-corrected chi connectivity index (χ1v) is 7.50. The highest BCUT2D eigenvalue weighted by Gasteiger charge is 2.26. The number of rotatable bonds is 2. The molecule has 0 radical (unpaired) electrons. The molecule has 0 bridgehead atoms. The van der Waals surface area contributed by atoms with Crippen molar-refractivity contribution in [2.75, 3.05) is 5.32 Å². The van der Waals surface area contributed by atoms with Crippen molar-refractivity contribution < 1.29 is 9.90 Å². The average molecular weight is 351 g/mol. The number of aromatic hydroxyl groups is 1. The minimum atomic E-state index is -0.146. The third-order valence-corrected chi connectivity index (χ3v) is 4.27. The monoisotopic (exact) mass is 350 g/mol. The number of phenols is 1. The zero-order valence-corrected chi connectivity index (χ0v) is 13.1. The normalized spacial score (nSPS) is 17.3. The molecule has 110 valence electrons. The molecule has 0 saturated heterocycles. The van der Waals surface area contributed by atoms with Gasteiger partial charge < -0.3 is 15.0 Å². The summed E-state index contributed by atoms with van der Waals surface area (Å²) in [5.41, 5.74) is 1.39. The van der Waals surface area contributed by atoms with E-state index in [-0.39, 0.29) is 17.6 Å². The molecule has 1 aromatic heterocycles. The van der Waals surface area contributed by atoms with E-state index in [1.165, 1.54) is 0 Å². The Hall–Kier alpha value is -1.89. The Morgan fingerprint density at radius 3 is 3.14 bits per heavy atom. The van der Waals surface area contributed by atoms with Gasteiger partial charge in [-0.05, 0) is 47.0 Å². The number of anilines is 1. The van der Waals surface area contributed by atoms with Crippen LogP contribution in [0.2, 0.25) is 0 Å². The van der Waals surface area contributed by atoms with Crippen molar-refractivity contribution >= 4 is 27.5 Å². The van der Waals surface area contributed by atoms with E-state index in [9.17, 15) is 9.90 Å². The predicted molar refractivity (Wildman–Crippen MR) is 81.0 cm³/mol. The first kappa shape index (κ1) is 14.1. The fourth-order valence-electron chi connectivity index (χ4n) is 2.54. The number of fused-ring (bicyclic) bond motifs is 1. The molecule has 2 heterocycles. The average Bonchev–Trinajstić information content (AvgIpc) is 2.91. The third kappa shape index (κ3) is 2.78. The molecule has 2 aromatic rings. The summed E-state index contributed by atoms with van der Waals surface area (Å²) in [6.07, 6.45) is 3.12. The number of aryl methyl sites for hydroxylation is 2. The van der Waals surface area contributed by atoms with Crippen molar-refractivity contribution in [2.24, 2.45) is 5.92 Å². The lowest BCUT2D eigenvalue weighted by atomic mass is 9.98. The Morgan fingerprint density at radius 1 is 1.52 bits per heavy atom. The Morgan fingerprint density at radius 2 is 2.33 bits per heavy atom. The van der Waals surface area contributed by atoms with Gasteiger partial charge in [-0.2, -0.15) is 0 Å². The van der Waals surface area contributed by atoms with Crippen molar-refractivity contribution in [1.29, 1.82) is 0 Å². The van der Waals surface area contributed by atoms with Crippen LogP contribution in [-0.2, 0) is 17.8 Å². The van der Waals surface area contributed by atoms with E-state index in [4.69, 9.17) is 0 Å². The van der Waals surface area contributed by atoms with Crippen LogP contribution in [0.15, 0.2) is 22.9 Å². The lowest BCUT2D eigenvalue weighted by Crippen LogP contribution is -2.31. The van der Waals surface area contributed by atoms with Crippen LogP contribution in [-0.4, -0.2) is 25.8 Å². The molecular formula is C14H15BrN4O2. The molecule has 1 aromatic carbocycles. The number of hydrogen-bond donors (Lipinski definition) is 2. The molecule has 0 aliphatic carbocycles. The molecule has 1 unspecified atom stereocenters. The van der Waals surface area contributed by atoms with Gasteiger partial charge in [-0.25, -0.2) is 0 Å². The molecule has 1 aliphatic heterocycles. The molecule has 3 rings (SSSR count). The highest BCUT2D eigenvalue weighted by atomic mass is 79.9. The SMILES string of the molecule is Cc1cc(Br)c(O)c(NC(=O)C2CCc3nncn3C2)c1. The molecule has 0 spiro atoms. The molecule has 0 saturated carbocycles. The van der Waals surface area contributed by atoms with E-state index in [0.717, 1.165) is 24.2 Å². The van der Waals surface area contributed by atoms with Gasteiger partial charge in [-0.3, -0.25) is 4.79 Å². The van der Waals surface area contributed by atoms with Crippen molar-refractivity contribution in [2.45, 2.75) is 26.3 Å². The maximum Gasteiger partial charge on any atom is 0.229 e. The Labute approximate surface area is 130 Å². The van der Waals surface area contributed by atoms with Gasteiger partial charge in [0.1, 0.15) is 12.2 Å². The largest absolute Gasteiger partial charge is 0.505 e. The number of halogens is 1. The highest BCUT2D eigenvalue weighted by molar-refractivity contribution is 9.10. The first-order valence-electron chi connectivity index (χ1n) is 6.71. The van der Waals surface area contributed by atoms with Crippen LogP contribution in [0.25, 0.3) is 0 Å². The van der Waals surface area contributed by atoms with Gasteiger partial charge in [0, 0.05) is 13.0 Å². The number of nitrogens with zero attached hydrogens (tertiary/aromatic N) is 3. The number of benzene rings is 1. The van der Waals surface area contributed by atoms with Crippen LogP contribution in [0.1, 0.15) is 17.8 Å². The minimum absolute atomic E-state index is 0.0507. The molecule has 1 aliphatic rings. The summed E-state index contributed by atoms with van der Waals surface area (Å²) >= 11 is 3.28. The van der Waals surface area contributed by atoms with Crippen LogP contribution in [0.5, 0.6) is 5.75 Å². The van der Waals surface area contributed by atoms with Crippen LogP contribution < -0.4 is 5.32 Å². The second-order valence-corrected chi connectivity index (χ2v) is 6.12. The lowest BCUT2D eigenvalue weighted by Gasteiger charge is -2.22. The standard InChI is InChI=1S/C14H15BrN4O2/c1-8-4-10(15)13(20)11(5-8)17-14(21)9-2-3-12-18-16-7-19(12)6-9/h4-5,7,9,20H,2-3,6H2,1H3,(H,17,21). The van der Waals surface area contributed by atoms with Gasteiger partial charge in [-0.15, -0.1) is 10.2 Å². The molecule has 0 fully saturated rings. The van der Waals surface area contributed by atoms with Crippen LogP contribution >= 0.6 is 15.9 Å². The summed E-state index contributed by atoms with van der Waals surface area (Å²) in [6.45, 7) is 2.48. The summed E-state index contributed by atoms with van der Waals surface area (Å²) in [5.74, 6) is 0.726. The molecule has 7 heteroatoms. The number of nitrogens with one attached hydrogen (secondary N) is 1. The van der Waals surface area contributed by atoms with Gasteiger partial charge in [0.15, 0.2) is 5.75 Å². The summed E-state index contributed by atoms with van der Waals surface area (Å²) in [6, 6.07) is 3.56. The van der Waals surface area contributed by atoms with Gasteiger partial charge in [0.25, 0.3) is 0 Å². The van der Waals surface area contributed by atoms with E-state index >= 15 is 0 Å². The zero-order valence-electron chi connectivity index (χ0n) is 11.5.